The van der Waals surface area contributed by atoms with E-state index in [-0.39, 0.29) is 0 Å². The minimum atomic E-state index is 0.729. The molecule has 0 aliphatic carbocycles. The lowest BCUT2D eigenvalue weighted by Gasteiger charge is -2.34. The summed E-state index contributed by atoms with van der Waals surface area (Å²) in [5.74, 6) is 0. The number of piperazine rings is 1. The van der Waals surface area contributed by atoms with E-state index in [9.17, 15) is 0 Å². The number of anilines is 1. The van der Waals surface area contributed by atoms with Crippen molar-refractivity contribution in [2.24, 2.45) is 0 Å². The lowest BCUT2D eigenvalue weighted by atomic mass is 10.1. The average molecular weight is 254 g/mol. The van der Waals surface area contributed by atoms with E-state index in [0.29, 0.717) is 0 Å². The van der Waals surface area contributed by atoms with Gasteiger partial charge in [-0.1, -0.05) is 18.5 Å². The second-order valence-corrected chi connectivity index (χ2v) is 5.04. The highest BCUT2D eigenvalue weighted by Crippen LogP contribution is 2.18. The first-order valence-electron chi connectivity index (χ1n) is 6.17. The van der Waals surface area contributed by atoms with Crippen molar-refractivity contribution in [3.05, 3.63) is 28.8 Å². The molecule has 0 spiro atoms. The van der Waals surface area contributed by atoms with Crippen LogP contribution in [0.2, 0.25) is 5.02 Å². The van der Waals surface area contributed by atoms with Gasteiger partial charge in [0.2, 0.25) is 0 Å². The molecule has 1 heterocycles. The van der Waals surface area contributed by atoms with Gasteiger partial charge in [0.05, 0.1) is 0 Å². The summed E-state index contributed by atoms with van der Waals surface area (Å²) in [7, 11) is 0. The van der Waals surface area contributed by atoms with Gasteiger partial charge in [0.15, 0.2) is 0 Å². The number of nitrogens with two attached hydrogens (primary N) is 1. The quantitative estimate of drug-likeness (QED) is 0.837. The van der Waals surface area contributed by atoms with E-state index >= 15 is 0 Å². The highest BCUT2D eigenvalue weighted by molar-refractivity contribution is 6.30. The van der Waals surface area contributed by atoms with Crippen LogP contribution in [-0.4, -0.2) is 42.5 Å². The Balaban J connectivity index is 1.93. The van der Waals surface area contributed by atoms with Crippen molar-refractivity contribution in [3.63, 3.8) is 0 Å². The zero-order chi connectivity index (χ0) is 12.3. The van der Waals surface area contributed by atoms with Gasteiger partial charge in [-0.25, -0.2) is 0 Å². The van der Waals surface area contributed by atoms with E-state index < -0.39 is 0 Å². The Morgan fingerprint density at radius 2 is 1.76 bits per heavy atom. The fourth-order valence-electron chi connectivity index (χ4n) is 2.29. The molecule has 1 saturated heterocycles. The topological polar surface area (TPSA) is 32.5 Å². The van der Waals surface area contributed by atoms with Crippen molar-refractivity contribution >= 4 is 17.3 Å². The molecule has 4 heteroatoms. The van der Waals surface area contributed by atoms with Crippen molar-refractivity contribution in [2.75, 3.05) is 38.5 Å². The van der Waals surface area contributed by atoms with E-state index in [1.165, 1.54) is 5.56 Å². The number of benzene rings is 1. The molecule has 0 bridgehead atoms. The maximum atomic E-state index is 6.01. The fraction of sp³-hybridized carbons (Fsp3) is 0.538. The molecule has 1 aromatic rings. The zero-order valence-corrected chi connectivity index (χ0v) is 11.1. The minimum absolute atomic E-state index is 0.729. The zero-order valence-electron chi connectivity index (χ0n) is 10.3. The first-order valence-corrected chi connectivity index (χ1v) is 6.55. The van der Waals surface area contributed by atoms with Crippen LogP contribution in [0.4, 0.5) is 5.69 Å². The molecule has 17 heavy (non-hydrogen) atoms. The van der Waals surface area contributed by atoms with Crippen molar-refractivity contribution in [1.29, 1.82) is 0 Å². The molecule has 1 aromatic carbocycles. The van der Waals surface area contributed by atoms with E-state index in [4.69, 9.17) is 17.3 Å². The van der Waals surface area contributed by atoms with Gasteiger partial charge in [-0.05, 0) is 30.3 Å². The Bertz CT molecular complexity index is 353. The SMILES string of the molecule is CCN1CCN(Cc2cc(N)cc(Cl)c2)CC1. The number of likely N-dealkylation sites (N-methyl/N-ethyl adjacent to an activating group) is 1. The van der Waals surface area contributed by atoms with Crippen molar-refractivity contribution < 1.29 is 0 Å². The van der Waals surface area contributed by atoms with Gasteiger partial charge in [-0.2, -0.15) is 0 Å². The van der Waals surface area contributed by atoms with Gasteiger partial charge in [-0.15, -0.1) is 0 Å². The second kappa shape index (κ2) is 5.71. The normalized spacial score (nSPS) is 18.5. The van der Waals surface area contributed by atoms with Crippen LogP contribution in [0.25, 0.3) is 0 Å². The average Bonchev–Trinajstić information content (AvgIpc) is 2.28. The van der Waals surface area contributed by atoms with Crippen LogP contribution in [0.1, 0.15) is 12.5 Å². The molecule has 0 saturated carbocycles. The number of nitrogen functional groups attached to an aromatic ring is 1. The maximum absolute atomic E-state index is 6.01. The third-order valence-corrected chi connectivity index (χ3v) is 3.52. The number of hydrogen-bond acceptors (Lipinski definition) is 3. The van der Waals surface area contributed by atoms with Crippen LogP contribution in [0.5, 0.6) is 0 Å². The summed E-state index contributed by atoms with van der Waals surface area (Å²) in [6.07, 6.45) is 0. The first-order chi connectivity index (χ1) is 8.17. The summed E-state index contributed by atoms with van der Waals surface area (Å²) >= 11 is 6.01. The van der Waals surface area contributed by atoms with Crippen molar-refractivity contribution in [3.8, 4) is 0 Å². The molecule has 1 aliphatic rings. The summed E-state index contributed by atoms with van der Waals surface area (Å²) in [4.78, 5) is 4.93. The Morgan fingerprint density at radius 3 is 2.35 bits per heavy atom. The van der Waals surface area contributed by atoms with Gasteiger partial charge >= 0.3 is 0 Å². The molecule has 1 fully saturated rings. The van der Waals surface area contributed by atoms with Gasteiger partial charge in [0.25, 0.3) is 0 Å². The van der Waals surface area contributed by atoms with Crippen molar-refractivity contribution in [2.45, 2.75) is 13.5 Å². The lowest BCUT2D eigenvalue weighted by molar-refractivity contribution is 0.132. The maximum Gasteiger partial charge on any atom is 0.0429 e. The third-order valence-electron chi connectivity index (χ3n) is 3.30. The summed E-state index contributed by atoms with van der Waals surface area (Å²) in [6, 6.07) is 5.81. The van der Waals surface area contributed by atoms with Gasteiger partial charge in [0, 0.05) is 43.4 Å². The van der Waals surface area contributed by atoms with E-state index in [1.54, 1.807) is 6.07 Å². The number of rotatable bonds is 3. The minimum Gasteiger partial charge on any atom is -0.399 e. The molecule has 0 atom stereocenters. The largest absolute Gasteiger partial charge is 0.399 e. The predicted molar refractivity (Wildman–Crippen MR) is 73.3 cm³/mol. The Morgan fingerprint density at radius 1 is 1.12 bits per heavy atom. The van der Waals surface area contributed by atoms with Crippen LogP contribution in [0.3, 0.4) is 0 Å². The predicted octanol–water partition coefficient (Wildman–Crippen LogP) is 2.06. The monoisotopic (exact) mass is 253 g/mol. The number of hydrogen-bond donors (Lipinski definition) is 1. The van der Waals surface area contributed by atoms with Crippen LogP contribution >= 0.6 is 11.6 Å². The molecule has 1 aliphatic heterocycles. The summed E-state index contributed by atoms with van der Waals surface area (Å²) in [5.41, 5.74) is 7.75. The summed E-state index contributed by atoms with van der Waals surface area (Å²) in [6.45, 7) is 8.88. The molecule has 94 valence electrons. The van der Waals surface area contributed by atoms with Crippen LogP contribution < -0.4 is 5.73 Å². The molecule has 3 nitrogen and oxygen atoms in total. The van der Waals surface area contributed by atoms with Gasteiger partial charge in [-0.3, -0.25) is 4.90 Å². The number of nitrogens with zero attached hydrogens (tertiary/aromatic N) is 2. The smallest absolute Gasteiger partial charge is 0.0429 e. The summed E-state index contributed by atoms with van der Waals surface area (Å²) in [5, 5.41) is 0.729. The van der Waals surface area contributed by atoms with E-state index in [1.807, 2.05) is 12.1 Å². The standard InChI is InChI=1S/C13H20ClN3/c1-2-16-3-5-17(6-4-16)10-11-7-12(14)9-13(15)8-11/h7-9H,2-6,10,15H2,1H3. The lowest BCUT2D eigenvalue weighted by Crippen LogP contribution is -2.45. The second-order valence-electron chi connectivity index (χ2n) is 4.60. The molecular weight excluding hydrogens is 234 g/mol. The Labute approximate surface area is 108 Å². The van der Waals surface area contributed by atoms with Gasteiger partial charge in [0.1, 0.15) is 0 Å². The Hall–Kier alpha value is -0.770. The first kappa shape index (κ1) is 12.7. The Kier molecular flexibility index (Phi) is 4.26. The van der Waals surface area contributed by atoms with Crippen LogP contribution in [-0.2, 0) is 6.54 Å². The fourth-order valence-corrected chi connectivity index (χ4v) is 2.55. The molecule has 0 aromatic heterocycles. The molecule has 2 rings (SSSR count). The van der Waals surface area contributed by atoms with E-state index in [0.717, 1.165) is 50.0 Å². The highest BCUT2D eigenvalue weighted by Gasteiger charge is 2.15. The van der Waals surface area contributed by atoms with Gasteiger partial charge < -0.3 is 10.6 Å². The third kappa shape index (κ3) is 3.60. The van der Waals surface area contributed by atoms with E-state index in [2.05, 4.69) is 16.7 Å². The van der Waals surface area contributed by atoms with Crippen molar-refractivity contribution in [1.82, 2.24) is 9.80 Å². The van der Waals surface area contributed by atoms with Crippen LogP contribution in [0, 0.1) is 0 Å². The summed E-state index contributed by atoms with van der Waals surface area (Å²) < 4.78 is 0. The number of halogens is 1. The van der Waals surface area contributed by atoms with Crippen LogP contribution in [0.15, 0.2) is 18.2 Å². The molecule has 0 radical (unpaired) electrons. The molecular formula is C13H20ClN3. The molecule has 0 amide bonds. The molecule has 0 unspecified atom stereocenters. The highest BCUT2D eigenvalue weighted by atomic mass is 35.5. The molecule has 2 N–H and O–H groups in total.